The Balaban J connectivity index is 2.00. The van der Waals surface area contributed by atoms with Crippen LogP contribution in [-0.2, 0) is 9.53 Å². The third kappa shape index (κ3) is 3.29. The summed E-state index contributed by atoms with van der Waals surface area (Å²) in [4.78, 5) is 14.9. The van der Waals surface area contributed by atoms with Crippen molar-refractivity contribution in [3.05, 3.63) is 0 Å². The largest absolute Gasteiger partial charge is 0.384 e. The molecule has 0 aromatic heterocycles. The number of carbonyl (C=O) groups excluding carboxylic acids is 1. The van der Waals surface area contributed by atoms with E-state index in [0.29, 0.717) is 18.4 Å². The lowest BCUT2D eigenvalue weighted by molar-refractivity contribution is -0.146. The molecule has 2 aliphatic rings. The first-order chi connectivity index (χ1) is 9.22. The summed E-state index contributed by atoms with van der Waals surface area (Å²) in [6.07, 6.45) is 7.78. The second-order valence-electron chi connectivity index (χ2n) is 6.26. The first-order valence-electron chi connectivity index (χ1n) is 7.70. The van der Waals surface area contributed by atoms with Crippen molar-refractivity contribution in [1.29, 1.82) is 0 Å². The molecule has 1 atom stereocenters. The Labute approximate surface area is 116 Å². The number of nitrogens with two attached hydrogens (primary N) is 1. The van der Waals surface area contributed by atoms with E-state index in [-0.39, 0.29) is 5.41 Å². The Kier molecular flexibility index (Phi) is 5.22. The van der Waals surface area contributed by atoms with E-state index >= 15 is 0 Å². The standard InChI is InChI=1S/C15H28N2O2/c1-19-11-13-6-5-9-17(10-13)14(18)15(12-16)7-3-2-4-8-15/h13H,2-12,16H2,1H3. The van der Waals surface area contributed by atoms with E-state index < -0.39 is 0 Å². The molecule has 1 aliphatic carbocycles. The van der Waals surface area contributed by atoms with E-state index in [1.165, 1.54) is 12.8 Å². The number of piperidine rings is 1. The van der Waals surface area contributed by atoms with Crippen molar-refractivity contribution in [1.82, 2.24) is 4.90 Å². The lowest BCUT2D eigenvalue weighted by Gasteiger charge is -2.42. The molecule has 0 bridgehead atoms. The Hall–Kier alpha value is -0.610. The van der Waals surface area contributed by atoms with Gasteiger partial charge in [0.25, 0.3) is 0 Å². The van der Waals surface area contributed by atoms with E-state index in [0.717, 1.165) is 51.8 Å². The number of hydrogen-bond donors (Lipinski definition) is 1. The number of nitrogens with zero attached hydrogens (tertiary/aromatic N) is 1. The predicted octanol–water partition coefficient (Wildman–Crippen LogP) is 1.78. The summed E-state index contributed by atoms with van der Waals surface area (Å²) in [5, 5.41) is 0. The molecule has 1 aliphatic heterocycles. The molecule has 1 unspecified atom stereocenters. The van der Waals surface area contributed by atoms with Gasteiger partial charge < -0.3 is 15.4 Å². The maximum Gasteiger partial charge on any atom is 0.230 e. The fourth-order valence-electron chi connectivity index (χ4n) is 3.69. The summed E-state index contributed by atoms with van der Waals surface area (Å²) in [5.74, 6) is 0.816. The Morgan fingerprint density at radius 3 is 2.68 bits per heavy atom. The van der Waals surface area contributed by atoms with Gasteiger partial charge in [0, 0.05) is 26.7 Å². The van der Waals surface area contributed by atoms with Crippen LogP contribution in [0, 0.1) is 11.3 Å². The summed E-state index contributed by atoms with van der Waals surface area (Å²) in [7, 11) is 1.74. The molecule has 4 heteroatoms. The smallest absolute Gasteiger partial charge is 0.230 e. The van der Waals surface area contributed by atoms with Crippen molar-refractivity contribution >= 4 is 5.91 Å². The van der Waals surface area contributed by atoms with Crippen molar-refractivity contribution in [2.75, 3.05) is 33.4 Å². The number of methoxy groups -OCH3 is 1. The van der Waals surface area contributed by atoms with Gasteiger partial charge in [0.15, 0.2) is 0 Å². The monoisotopic (exact) mass is 268 g/mol. The Morgan fingerprint density at radius 1 is 1.32 bits per heavy atom. The van der Waals surface area contributed by atoms with Gasteiger partial charge >= 0.3 is 0 Å². The SMILES string of the molecule is COCC1CCCN(C(=O)C2(CN)CCCCC2)C1. The fraction of sp³-hybridized carbons (Fsp3) is 0.933. The number of rotatable bonds is 4. The molecule has 1 saturated heterocycles. The summed E-state index contributed by atoms with van der Waals surface area (Å²) < 4.78 is 5.24. The van der Waals surface area contributed by atoms with Crippen LogP contribution in [0.3, 0.4) is 0 Å². The second kappa shape index (κ2) is 6.71. The number of likely N-dealkylation sites (tertiary alicyclic amines) is 1. The highest BCUT2D eigenvalue weighted by atomic mass is 16.5. The van der Waals surface area contributed by atoms with Crippen molar-refractivity contribution in [2.45, 2.75) is 44.9 Å². The average Bonchev–Trinajstić information content (AvgIpc) is 2.48. The van der Waals surface area contributed by atoms with Gasteiger partial charge in [-0.2, -0.15) is 0 Å². The van der Waals surface area contributed by atoms with Gasteiger partial charge in [-0.15, -0.1) is 0 Å². The van der Waals surface area contributed by atoms with Crippen molar-refractivity contribution < 1.29 is 9.53 Å². The van der Waals surface area contributed by atoms with Crippen LogP contribution in [0.5, 0.6) is 0 Å². The quantitative estimate of drug-likeness (QED) is 0.845. The van der Waals surface area contributed by atoms with Crippen molar-refractivity contribution in [3.8, 4) is 0 Å². The molecule has 2 N–H and O–H groups in total. The zero-order chi connectivity index (χ0) is 13.7. The summed E-state index contributed by atoms with van der Waals surface area (Å²) in [6, 6.07) is 0. The number of hydrogen-bond acceptors (Lipinski definition) is 3. The van der Waals surface area contributed by atoms with E-state index in [9.17, 15) is 4.79 Å². The molecule has 2 rings (SSSR count). The second-order valence-corrected chi connectivity index (χ2v) is 6.26. The maximum atomic E-state index is 12.9. The summed E-state index contributed by atoms with van der Waals surface area (Å²) in [6.45, 7) is 3.03. The molecule has 4 nitrogen and oxygen atoms in total. The number of ether oxygens (including phenoxy) is 1. The van der Waals surface area contributed by atoms with E-state index in [2.05, 4.69) is 4.90 Å². The summed E-state index contributed by atoms with van der Waals surface area (Å²) >= 11 is 0. The molecule has 0 aromatic carbocycles. The lowest BCUT2D eigenvalue weighted by Crippen LogP contribution is -2.52. The van der Waals surface area contributed by atoms with Crippen LogP contribution >= 0.6 is 0 Å². The highest BCUT2D eigenvalue weighted by molar-refractivity contribution is 5.83. The molecule has 0 spiro atoms. The van der Waals surface area contributed by atoms with Gasteiger partial charge in [-0.25, -0.2) is 0 Å². The fourth-order valence-corrected chi connectivity index (χ4v) is 3.69. The normalized spacial score (nSPS) is 27.3. The number of amides is 1. The van der Waals surface area contributed by atoms with Crippen molar-refractivity contribution in [3.63, 3.8) is 0 Å². The van der Waals surface area contributed by atoms with Crippen LogP contribution in [0.25, 0.3) is 0 Å². The van der Waals surface area contributed by atoms with Gasteiger partial charge in [-0.1, -0.05) is 19.3 Å². The number of carbonyl (C=O) groups is 1. The minimum absolute atomic E-state index is 0.257. The molecule has 1 heterocycles. The highest BCUT2D eigenvalue weighted by Crippen LogP contribution is 2.38. The van der Waals surface area contributed by atoms with Gasteiger partial charge in [-0.3, -0.25) is 4.79 Å². The zero-order valence-electron chi connectivity index (χ0n) is 12.2. The molecular weight excluding hydrogens is 240 g/mol. The van der Waals surface area contributed by atoms with Crippen LogP contribution < -0.4 is 5.73 Å². The van der Waals surface area contributed by atoms with E-state index in [1.54, 1.807) is 7.11 Å². The van der Waals surface area contributed by atoms with Gasteiger partial charge in [0.05, 0.1) is 12.0 Å². The average molecular weight is 268 g/mol. The lowest BCUT2D eigenvalue weighted by atomic mass is 9.72. The maximum absolute atomic E-state index is 12.9. The molecule has 19 heavy (non-hydrogen) atoms. The molecule has 0 radical (unpaired) electrons. The molecular formula is C15H28N2O2. The third-order valence-electron chi connectivity index (χ3n) is 4.86. The van der Waals surface area contributed by atoms with Crippen molar-refractivity contribution in [2.24, 2.45) is 17.1 Å². The van der Waals surface area contributed by atoms with Gasteiger partial charge in [0.2, 0.25) is 5.91 Å². The Morgan fingerprint density at radius 2 is 2.05 bits per heavy atom. The zero-order valence-corrected chi connectivity index (χ0v) is 12.2. The topological polar surface area (TPSA) is 55.6 Å². The van der Waals surface area contributed by atoms with Crippen LogP contribution in [0.2, 0.25) is 0 Å². The van der Waals surface area contributed by atoms with E-state index in [4.69, 9.17) is 10.5 Å². The summed E-state index contributed by atoms with van der Waals surface area (Å²) in [5.41, 5.74) is 5.71. The van der Waals surface area contributed by atoms with E-state index in [1.807, 2.05) is 0 Å². The predicted molar refractivity (Wildman–Crippen MR) is 75.8 cm³/mol. The third-order valence-corrected chi connectivity index (χ3v) is 4.86. The highest BCUT2D eigenvalue weighted by Gasteiger charge is 2.41. The molecule has 1 saturated carbocycles. The molecule has 0 aromatic rings. The first-order valence-corrected chi connectivity index (χ1v) is 7.70. The van der Waals surface area contributed by atoms with Gasteiger partial charge in [-0.05, 0) is 31.6 Å². The minimum Gasteiger partial charge on any atom is -0.384 e. The van der Waals surface area contributed by atoms with Crippen LogP contribution in [0.4, 0.5) is 0 Å². The van der Waals surface area contributed by atoms with Crippen LogP contribution in [0.1, 0.15) is 44.9 Å². The van der Waals surface area contributed by atoms with Crippen LogP contribution in [0.15, 0.2) is 0 Å². The molecule has 110 valence electrons. The molecule has 1 amide bonds. The first kappa shape index (κ1) is 14.8. The van der Waals surface area contributed by atoms with Crippen LogP contribution in [-0.4, -0.2) is 44.2 Å². The molecule has 2 fully saturated rings. The Bertz CT molecular complexity index is 299. The van der Waals surface area contributed by atoms with Gasteiger partial charge in [0.1, 0.15) is 0 Å². The minimum atomic E-state index is -0.257.